The minimum Gasteiger partial charge on any atom is -0.391 e. The van der Waals surface area contributed by atoms with Crippen LogP contribution in [0.5, 0.6) is 0 Å². The lowest BCUT2D eigenvalue weighted by molar-refractivity contribution is 0.105. The Kier molecular flexibility index (Phi) is 4.83. The molecular weight excluding hydrogens is 238 g/mol. The number of aliphatic hydroxyl groups excluding tert-OH is 2. The molecule has 3 nitrogen and oxygen atoms in total. The van der Waals surface area contributed by atoms with Crippen LogP contribution in [0.15, 0.2) is 24.3 Å². The van der Waals surface area contributed by atoms with Crippen LogP contribution in [-0.2, 0) is 0 Å². The van der Waals surface area contributed by atoms with E-state index in [0.717, 1.165) is 30.5 Å². The van der Waals surface area contributed by atoms with E-state index in [0.29, 0.717) is 6.42 Å². The Morgan fingerprint density at radius 2 is 1.95 bits per heavy atom. The summed E-state index contributed by atoms with van der Waals surface area (Å²) in [5.74, 6) is 0. The smallest absolute Gasteiger partial charge is 0.0807 e. The molecule has 0 aromatic heterocycles. The molecule has 1 saturated carbocycles. The SMILES string of the molecule is CC[C@@H](O)c1ccccc1N(C)C1CCCCC1O. The van der Waals surface area contributed by atoms with Crippen LogP contribution >= 0.6 is 0 Å². The summed E-state index contributed by atoms with van der Waals surface area (Å²) in [5, 5.41) is 20.3. The zero-order chi connectivity index (χ0) is 13.8. The summed E-state index contributed by atoms with van der Waals surface area (Å²) in [7, 11) is 2.03. The van der Waals surface area contributed by atoms with Gasteiger partial charge in [-0.3, -0.25) is 0 Å². The maximum Gasteiger partial charge on any atom is 0.0807 e. The topological polar surface area (TPSA) is 43.7 Å². The van der Waals surface area contributed by atoms with Crippen LogP contribution in [0, 0.1) is 0 Å². The second-order valence-electron chi connectivity index (χ2n) is 5.51. The monoisotopic (exact) mass is 263 g/mol. The Morgan fingerprint density at radius 3 is 2.63 bits per heavy atom. The van der Waals surface area contributed by atoms with E-state index >= 15 is 0 Å². The molecule has 1 aromatic rings. The van der Waals surface area contributed by atoms with Crippen molar-refractivity contribution < 1.29 is 10.2 Å². The lowest BCUT2D eigenvalue weighted by Crippen LogP contribution is -2.43. The molecule has 106 valence electrons. The van der Waals surface area contributed by atoms with Gasteiger partial charge in [-0.15, -0.1) is 0 Å². The Bertz CT molecular complexity index is 407. The molecule has 2 rings (SSSR count). The average molecular weight is 263 g/mol. The summed E-state index contributed by atoms with van der Waals surface area (Å²) in [6, 6.07) is 8.14. The zero-order valence-electron chi connectivity index (χ0n) is 11.9. The molecule has 2 N–H and O–H groups in total. The van der Waals surface area contributed by atoms with Crippen molar-refractivity contribution in [1.82, 2.24) is 0 Å². The van der Waals surface area contributed by atoms with Crippen molar-refractivity contribution in [2.45, 2.75) is 57.3 Å². The Morgan fingerprint density at radius 1 is 1.26 bits per heavy atom. The Balaban J connectivity index is 2.25. The normalized spacial score (nSPS) is 25.1. The van der Waals surface area contributed by atoms with Gasteiger partial charge in [0.25, 0.3) is 0 Å². The molecule has 0 saturated heterocycles. The molecular formula is C16H25NO2. The van der Waals surface area contributed by atoms with Gasteiger partial charge in [-0.1, -0.05) is 38.0 Å². The van der Waals surface area contributed by atoms with Crippen LogP contribution in [0.3, 0.4) is 0 Å². The van der Waals surface area contributed by atoms with Gasteiger partial charge in [0.05, 0.1) is 18.2 Å². The maximum absolute atomic E-state index is 10.2. The van der Waals surface area contributed by atoms with Gasteiger partial charge >= 0.3 is 0 Å². The van der Waals surface area contributed by atoms with Crippen LogP contribution in [0.1, 0.15) is 50.7 Å². The van der Waals surface area contributed by atoms with E-state index in [4.69, 9.17) is 0 Å². The zero-order valence-corrected chi connectivity index (χ0v) is 11.9. The van der Waals surface area contributed by atoms with E-state index in [2.05, 4.69) is 4.90 Å². The van der Waals surface area contributed by atoms with Gasteiger partial charge in [-0.25, -0.2) is 0 Å². The molecule has 0 spiro atoms. The first kappa shape index (κ1) is 14.4. The number of benzene rings is 1. The van der Waals surface area contributed by atoms with Crippen LogP contribution in [0.25, 0.3) is 0 Å². The number of para-hydroxylation sites is 1. The largest absolute Gasteiger partial charge is 0.391 e. The van der Waals surface area contributed by atoms with Gasteiger partial charge in [0.1, 0.15) is 0 Å². The first-order valence-electron chi connectivity index (χ1n) is 7.33. The van der Waals surface area contributed by atoms with E-state index in [1.54, 1.807) is 0 Å². The average Bonchev–Trinajstić information content (AvgIpc) is 2.46. The molecule has 1 aliphatic carbocycles. The molecule has 0 heterocycles. The summed E-state index contributed by atoms with van der Waals surface area (Å²) in [4.78, 5) is 2.15. The third-order valence-corrected chi connectivity index (χ3v) is 4.25. The third kappa shape index (κ3) is 3.10. The van der Waals surface area contributed by atoms with Crippen molar-refractivity contribution in [2.75, 3.05) is 11.9 Å². The standard InChI is InChI=1S/C16H25NO2/c1-3-15(18)12-8-4-5-9-13(12)17(2)14-10-6-7-11-16(14)19/h4-5,8-9,14-16,18-19H,3,6-7,10-11H2,1-2H3/t14?,15-,16?/m1/s1. The van der Waals surface area contributed by atoms with E-state index < -0.39 is 6.10 Å². The van der Waals surface area contributed by atoms with Crippen LogP contribution < -0.4 is 4.90 Å². The summed E-state index contributed by atoms with van der Waals surface area (Å²) in [5.41, 5.74) is 2.01. The highest BCUT2D eigenvalue weighted by atomic mass is 16.3. The molecule has 0 amide bonds. The first-order chi connectivity index (χ1) is 9.15. The second kappa shape index (κ2) is 6.40. The van der Waals surface area contributed by atoms with E-state index in [1.807, 2.05) is 38.2 Å². The first-order valence-corrected chi connectivity index (χ1v) is 7.33. The molecule has 1 fully saturated rings. The summed E-state index contributed by atoms with van der Waals surface area (Å²) in [6.45, 7) is 1.98. The molecule has 2 unspecified atom stereocenters. The van der Waals surface area contributed by atoms with Crippen molar-refractivity contribution in [2.24, 2.45) is 0 Å². The minimum absolute atomic E-state index is 0.166. The second-order valence-corrected chi connectivity index (χ2v) is 5.51. The predicted octanol–water partition coefficient (Wildman–Crippen LogP) is 2.87. The van der Waals surface area contributed by atoms with E-state index in [-0.39, 0.29) is 12.1 Å². The van der Waals surface area contributed by atoms with Gasteiger partial charge in [0, 0.05) is 18.3 Å². The fourth-order valence-electron chi connectivity index (χ4n) is 3.03. The third-order valence-electron chi connectivity index (χ3n) is 4.25. The van der Waals surface area contributed by atoms with Gasteiger partial charge in [-0.2, -0.15) is 0 Å². The van der Waals surface area contributed by atoms with Gasteiger partial charge in [0.2, 0.25) is 0 Å². The number of aliphatic hydroxyl groups is 2. The molecule has 3 heteroatoms. The summed E-state index contributed by atoms with van der Waals surface area (Å²) >= 11 is 0. The van der Waals surface area contributed by atoms with Gasteiger partial charge < -0.3 is 15.1 Å². The van der Waals surface area contributed by atoms with Gasteiger partial charge in [-0.05, 0) is 25.3 Å². The lowest BCUT2D eigenvalue weighted by Gasteiger charge is -2.38. The predicted molar refractivity (Wildman–Crippen MR) is 78.4 cm³/mol. The fourth-order valence-corrected chi connectivity index (χ4v) is 3.03. The Hall–Kier alpha value is -1.06. The van der Waals surface area contributed by atoms with Crippen molar-refractivity contribution in [3.05, 3.63) is 29.8 Å². The molecule has 0 bridgehead atoms. The maximum atomic E-state index is 10.2. The number of likely N-dealkylation sites (N-methyl/N-ethyl adjacent to an activating group) is 1. The summed E-state index contributed by atoms with van der Waals surface area (Å²) < 4.78 is 0. The van der Waals surface area contributed by atoms with Crippen LogP contribution in [0.2, 0.25) is 0 Å². The quantitative estimate of drug-likeness (QED) is 0.878. The van der Waals surface area contributed by atoms with Gasteiger partial charge in [0.15, 0.2) is 0 Å². The van der Waals surface area contributed by atoms with Crippen molar-refractivity contribution in [3.8, 4) is 0 Å². The molecule has 1 aromatic carbocycles. The fraction of sp³-hybridized carbons (Fsp3) is 0.625. The number of anilines is 1. The highest BCUT2D eigenvalue weighted by Crippen LogP contribution is 2.32. The number of hydrogen-bond donors (Lipinski definition) is 2. The minimum atomic E-state index is -0.431. The van der Waals surface area contributed by atoms with E-state index in [9.17, 15) is 10.2 Å². The highest BCUT2D eigenvalue weighted by Gasteiger charge is 2.28. The molecule has 1 aliphatic rings. The van der Waals surface area contributed by atoms with Crippen LogP contribution in [-0.4, -0.2) is 29.4 Å². The molecule has 3 atom stereocenters. The number of rotatable bonds is 4. The van der Waals surface area contributed by atoms with Crippen molar-refractivity contribution in [3.63, 3.8) is 0 Å². The summed E-state index contributed by atoms with van der Waals surface area (Å²) in [6.07, 6.45) is 4.21. The van der Waals surface area contributed by atoms with Crippen molar-refractivity contribution in [1.29, 1.82) is 0 Å². The highest BCUT2D eigenvalue weighted by molar-refractivity contribution is 5.55. The lowest BCUT2D eigenvalue weighted by atomic mass is 9.90. The van der Waals surface area contributed by atoms with Crippen LogP contribution in [0.4, 0.5) is 5.69 Å². The molecule has 19 heavy (non-hydrogen) atoms. The molecule has 0 aliphatic heterocycles. The number of hydrogen-bond acceptors (Lipinski definition) is 3. The molecule has 0 radical (unpaired) electrons. The number of nitrogens with zero attached hydrogens (tertiary/aromatic N) is 1. The van der Waals surface area contributed by atoms with E-state index in [1.165, 1.54) is 6.42 Å². The Labute approximate surface area is 115 Å². The van der Waals surface area contributed by atoms with Crippen molar-refractivity contribution >= 4 is 5.69 Å².